The first-order valence-corrected chi connectivity index (χ1v) is 12.1. The lowest BCUT2D eigenvalue weighted by atomic mass is 9.57. The van der Waals surface area contributed by atoms with Crippen molar-refractivity contribution in [3.8, 4) is 22.6 Å². The van der Waals surface area contributed by atoms with Gasteiger partial charge in [0.15, 0.2) is 11.4 Å². The Bertz CT molecular complexity index is 1460. The van der Waals surface area contributed by atoms with Crippen LogP contribution in [-0.4, -0.2) is 75.6 Å². The third kappa shape index (κ3) is 3.30. The summed E-state index contributed by atoms with van der Waals surface area (Å²) in [5.41, 5.74) is 3.43. The zero-order valence-electron chi connectivity index (χ0n) is 21.1. The highest BCUT2D eigenvalue weighted by Gasteiger charge is 2.64. The third-order valence-electron chi connectivity index (χ3n) is 7.96. The highest BCUT2D eigenvalue weighted by molar-refractivity contribution is 6.24. The standard InChI is InChI=1S/C28H28N2O8/c1-30(2)21-16-10-13-9-15-19(17(31)11-14(24(15)38-3)12-7-5-4-6-8-12)22(32)18(13)25(34)28(16,37)26(35)20(23(21)33)27(29)36/h4-8,11,13,16,21,31-32,35,37H,9-10H2,1-3H3,(H2,29,36)/t13-,16-,21-,28-/m0/s1. The smallest absolute Gasteiger partial charge is 0.255 e. The van der Waals surface area contributed by atoms with E-state index in [0.29, 0.717) is 16.9 Å². The van der Waals surface area contributed by atoms with Crippen molar-refractivity contribution >= 4 is 23.2 Å². The number of amides is 1. The van der Waals surface area contributed by atoms with E-state index in [9.17, 15) is 34.8 Å². The van der Waals surface area contributed by atoms with Crippen LogP contribution in [0.2, 0.25) is 0 Å². The number of hydrogen-bond acceptors (Lipinski definition) is 9. The topological polar surface area (TPSA) is 171 Å². The second kappa shape index (κ2) is 8.71. The molecule has 10 heteroatoms. The highest BCUT2D eigenvalue weighted by atomic mass is 16.5. The molecule has 0 unspecified atom stereocenters. The number of methoxy groups -OCH3 is 1. The number of hydrogen-bond donors (Lipinski definition) is 5. The van der Waals surface area contributed by atoms with Crippen LogP contribution in [0.1, 0.15) is 17.5 Å². The van der Waals surface area contributed by atoms with Gasteiger partial charge >= 0.3 is 0 Å². The van der Waals surface area contributed by atoms with Gasteiger partial charge in [0, 0.05) is 22.6 Å². The molecule has 10 nitrogen and oxygen atoms in total. The van der Waals surface area contributed by atoms with E-state index in [1.54, 1.807) is 14.1 Å². The van der Waals surface area contributed by atoms with E-state index in [2.05, 4.69) is 0 Å². The van der Waals surface area contributed by atoms with Gasteiger partial charge in [0.2, 0.25) is 5.78 Å². The molecule has 4 atom stereocenters. The summed E-state index contributed by atoms with van der Waals surface area (Å²) in [4.78, 5) is 40.6. The average Bonchev–Trinajstić information content (AvgIpc) is 2.86. The zero-order valence-corrected chi connectivity index (χ0v) is 21.1. The first kappa shape index (κ1) is 25.5. The number of phenolic OH excluding ortho intramolecular Hbond substituents is 1. The summed E-state index contributed by atoms with van der Waals surface area (Å²) in [6, 6.07) is 9.50. The summed E-state index contributed by atoms with van der Waals surface area (Å²) in [6.07, 6.45) is 0.150. The van der Waals surface area contributed by atoms with Crippen molar-refractivity contribution in [1.82, 2.24) is 4.90 Å². The summed E-state index contributed by atoms with van der Waals surface area (Å²) in [5.74, 6) is -6.51. The number of ether oxygens (including phenoxy) is 1. The molecule has 0 spiro atoms. The molecular weight excluding hydrogens is 492 g/mol. The van der Waals surface area contributed by atoms with Crippen molar-refractivity contribution in [2.24, 2.45) is 17.6 Å². The second-order valence-electron chi connectivity index (χ2n) is 10.2. The van der Waals surface area contributed by atoms with E-state index in [4.69, 9.17) is 10.5 Å². The molecule has 3 aliphatic rings. The number of carbonyl (C=O) groups is 3. The van der Waals surface area contributed by atoms with Crippen molar-refractivity contribution in [2.45, 2.75) is 24.5 Å². The summed E-state index contributed by atoms with van der Waals surface area (Å²) < 4.78 is 5.73. The fraction of sp³-hybridized carbons (Fsp3) is 0.321. The molecule has 0 heterocycles. The number of carbonyl (C=O) groups excluding carboxylic acids is 3. The van der Waals surface area contributed by atoms with Crippen LogP contribution >= 0.6 is 0 Å². The normalized spacial score (nSPS) is 26.7. The minimum absolute atomic E-state index is 0.00520. The first-order valence-electron chi connectivity index (χ1n) is 12.1. The lowest BCUT2D eigenvalue weighted by Crippen LogP contribution is -2.65. The number of fused-ring (bicyclic) bond motifs is 3. The number of benzene rings is 2. The van der Waals surface area contributed by atoms with E-state index in [1.165, 1.54) is 18.1 Å². The van der Waals surface area contributed by atoms with Gasteiger partial charge in [-0.1, -0.05) is 30.3 Å². The van der Waals surface area contributed by atoms with E-state index >= 15 is 0 Å². The van der Waals surface area contributed by atoms with Gasteiger partial charge in [0.1, 0.15) is 28.6 Å². The number of phenols is 1. The Morgan fingerprint density at radius 2 is 1.79 bits per heavy atom. The molecule has 5 rings (SSSR count). The molecule has 0 aliphatic heterocycles. The summed E-state index contributed by atoms with van der Waals surface area (Å²) in [5, 5.41) is 44.9. The van der Waals surface area contributed by atoms with Crippen LogP contribution in [0.4, 0.5) is 0 Å². The van der Waals surface area contributed by atoms with Crippen LogP contribution in [0.5, 0.6) is 11.5 Å². The van der Waals surface area contributed by atoms with Crippen molar-refractivity contribution in [1.29, 1.82) is 0 Å². The predicted molar refractivity (Wildman–Crippen MR) is 136 cm³/mol. The quantitative estimate of drug-likeness (QED) is 0.376. The van der Waals surface area contributed by atoms with Crippen molar-refractivity contribution < 1.29 is 39.5 Å². The number of aromatic hydroxyl groups is 1. The molecule has 198 valence electrons. The van der Waals surface area contributed by atoms with Gasteiger partial charge in [-0.05, 0) is 44.5 Å². The molecule has 1 saturated carbocycles. The van der Waals surface area contributed by atoms with Gasteiger partial charge in [-0.3, -0.25) is 19.3 Å². The lowest BCUT2D eigenvalue weighted by Gasteiger charge is -2.50. The van der Waals surface area contributed by atoms with Crippen molar-refractivity contribution in [2.75, 3.05) is 21.2 Å². The van der Waals surface area contributed by atoms with Gasteiger partial charge in [0.25, 0.3) is 5.91 Å². The molecule has 3 aliphatic carbocycles. The molecule has 0 bridgehead atoms. The SMILES string of the molecule is COc1c(-c2ccccc2)cc(O)c2c1C[C@H]1C[C@H]3[C@H](N(C)C)C(=O)C(C(N)=O)=C(O)[C@@]3(O)C(=O)C1=C2O. The molecule has 6 N–H and O–H groups in total. The Morgan fingerprint density at radius 3 is 2.37 bits per heavy atom. The van der Waals surface area contributed by atoms with E-state index < -0.39 is 58.0 Å². The maximum absolute atomic E-state index is 13.9. The van der Waals surface area contributed by atoms with Crippen LogP contribution in [0.3, 0.4) is 0 Å². The molecule has 2 aromatic rings. The number of nitrogens with two attached hydrogens (primary N) is 1. The van der Waals surface area contributed by atoms with E-state index in [0.717, 1.165) is 5.56 Å². The van der Waals surface area contributed by atoms with E-state index in [1.807, 2.05) is 30.3 Å². The van der Waals surface area contributed by atoms with Gasteiger partial charge < -0.3 is 30.9 Å². The number of aliphatic hydroxyl groups is 3. The predicted octanol–water partition coefficient (Wildman–Crippen LogP) is 1.64. The Labute approximate surface area is 218 Å². The Morgan fingerprint density at radius 1 is 1.13 bits per heavy atom. The molecule has 1 amide bonds. The number of primary amides is 1. The fourth-order valence-corrected chi connectivity index (χ4v) is 6.36. The summed E-state index contributed by atoms with van der Waals surface area (Å²) in [6.45, 7) is 0. The summed E-state index contributed by atoms with van der Waals surface area (Å²) in [7, 11) is 4.58. The average molecular weight is 521 g/mol. The number of aliphatic hydroxyl groups excluding tert-OH is 2. The Balaban J connectivity index is 1.75. The number of rotatable bonds is 4. The molecule has 2 aromatic carbocycles. The zero-order chi connectivity index (χ0) is 27.7. The number of likely N-dealkylation sites (N-methyl/N-ethyl adjacent to an activating group) is 1. The molecule has 0 radical (unpaired) electrons. The minimum Gasteiger partial charge on any atom is -0.508 e. The van der Waals surface area contributed by atoms with Crippen molar-refractivity contribution in [3.63, 3.8) is 0 Å². The second-order valence-corrected chi connectivity index (χ2v) is 10.2. The molecule has 0 saturated heterocycles. The lowest BCUT2D eigenvalue weighted by molar-refractivity contribution is -0.153. The van der Waals surface area contributed by atoms with Gasteiger partial charge in [-0.15, -0.1) is 0 Å². The Hall–Kier alpha value is -4.15. The van der Waals surface area contributed by atoms with Crippen LogP contribution in [0.15, 0.2) is 53.3 Å². The van der Waals surface area contributed by atoms with Crippen molar-refractivity contribution in [3.05, 3.63) is 64.4 Å². The fourth-order valence-electron chi connectivity index (χ4n) is 6.36. The van der Waals surface area contributed by atoms with Crippen LogP contribution < -0.4 is 10.5 Å². The molecule has 38 heavy (non-hydrogen) atoms. The van der Waals surface area contributed by atoms with E-state index in [-0.39, 0.29) is 29.7 Å². The number of nitrogens with zero attached hydrogens (tertiary/aromatic N) is 1. The van der Waals surface area contributed by atoms with Crippen LogP contribution in [0.25, 0.3) is 16.9 Å². The van der Waals surface area contributed by atoms with Crippen LogP contribution in [0, 0.1) is 11.8 Å². The highest BCUT2D eigenvalue weighted by Crippen LogP contribution is 2.54. The molecular formula is C28H28N2O8. The molecule has 1 fully saturated rings. The maximum Gasteiger partial charge on any atom is 0.255 e. The minimum atomic E-state index is -2.67. The Kier molecular flexibility index (Phi) is 5.85. The first-order chi connectivity index (χ1) is 17.9. The monoisotopic (exact) mass is 520 g/mol. The van der Waals surface area contributed by atoms with Gasteiger partial charge in [-0.25, -0.2) is 0 Å². The van der Waals surface area contributed by atoms with Gasteiger partial charge in [-0.2, -0.15) is 0 Å². The number of Topliss-reactive ketones (excluding diaryl/α,β-unsaturated/α-hetero) is 2. The van der Waals surface area contributed by atoms with Crippen LogP contribution in [-0.2, 0) is 20.8 Å². The number of ketones is 2. The van der Waals surface area contributed by atoms with Gasteiger partial charge in [0.05, 0.1) is 18.7 Å². The maximum atomic E-state index is 13.9. The third-order valence-corrected chi connectivity index (χ3v) is 7.96. The molecule has 0 aromatic heterocycles. The summed E-state index contributed by atoms with van der Waals surface area (Å²) >= 11 is 0. The largest absolute Gasteiger partial charge is 0.508 e.